The van der Waals surface area contributed by atoms with Crippen molar-refractivity contribution in [3.63, 3.8) is 0 Å². The lowest BCUT2D eigenvalue weighted by Crippen LogP contribution is -3.00. The SMILES string of the molecule is CCO[Si](OCC)(OCC)c1ccc(CN2C=[N+](c3c(C)cc(C)cc3C)CC2)cc1.[Cl-]. The number of hydrogen-bond acceptors (Lipinski definition) is 4. The largest absolute Gasteiger partial charge is 1.00 e. The van der Waals surface area contributed by atoms with E-state index in [1.54, 1.807) is 0 Å². The zero-order valence-corrected chi connectivity index (χ0v) is 22.0. The van der Waals surface area contributed by atoms with Crippen molar-refractivity contribution in [1.29, 1.82) is 0 Å². The fraction of sp³-hybridized carbons (Fsp3) is 0.480. The smallest absolute Gasteiger partial charge is 0.537 e. The van der Waals surface area contributed by atoms with Gasteiger partial charge >= 0.3 is 8.80 Å². The van der Waals surface area contributed by atoms with Crippen LogP contribution in [0.25, 0.3) is 0 Å². The molecule has 5 nitrogen and oxygen atoms in total. The van der Waals surface area contributed by atoms with Gasteiger partial charge in [0.05, 0.1) is 0 Å². The number of hydrogen-bond donors (Lipinski definition) is 0. The molecule has 0 bridgehead atoms. The highest BCUT2D eigenvalue weighted by Crippen LogP contribution is 2.26. The van der Waals surface area contributed by atoms with Gasteiger partial charge in [-0.15, -0.1) is 0 Å². The lowest BCUT2D eigenvalue weighted by Gasteiger charge is -2.28. The Balaban J connectivity index is 0.00000363. The molecule has 7 heteroatoms. The van der Waals surface area contributed by atoms with E-state index >= 15 is 0 Å². The third-order valence-corrected chi connectivity index (χ3v) is 8.60. The third-order valence-electron chi connectivity index (χ3n) is 5.55. The summed E-state index contributed by atoms with van der Waals surface area (Å²) in [5, 5.41) is 1.03. The summed E-state index contributed by atoms with van der Waals surface area (Å²) in [7, 11) is -2.84. The Morgan fingerprint density at radius 3 is 1.91 bits per heavy atom. The summed E-state index contributed by atoms with van der Waals surface area (Å²) in [6.45, 7) is 17.2. The fourth-order valence-corrected chi connectivity index (χ4v) is 6.92. The van der Waals surface area contributed by atoms with Gasteiger partial charge < -0.3 is 25.7 Å². The Hall–Kier alpha value is -1.70. The van der Waals surface area contributed by atoms with Gasteiger partial charge in [0, 0.05) is 25.0 Å². The molecule has 2 aromatic rings. The van der Waals surface area contributed by atoms with Gasteiger partial charge in [0.15, 0.2) is 0 Å². The maximum Gasteiger partial charge on any atom is 0.537 e. The first-order chi connectivity index (χ1) is 14.9. The van der Waals surface area contributed by atoms with Gasteiger partial charge in [0.25, 0.3) is 0 Å². The second kappa shape index (κ2) is 12.0. The van der Waals surface area contributed by atoms with Crippen molar-refractivity contribution in [2.24, 2.45) is 0 Å². The highest BCUT2D eigenvalue weighted by molar-refractivity contribution is 6.75. The molecule has 0 radical (unpaired) electrons. The molecule has 0 spiro atoms. The third kappa shape index (κ3) is 6.00. The average Bonchev–Trinajstić information content (AvgIpc) is 3.16. The monoisotopic (exact) mass is 476 g/mol. The summed E-state index contributed by atoms with van der Waals surface area (Å²) < 4.78 is 20.5. The first-order valence-electron chi connectivity index (χ1n) is 11.4. The van der Waals surface area contributed by atoms with Crippen LogP contribution in [0.15, 0.2) is 36.4 Å². The van der Waals surface area contributed by atoms with Crippen molar-refractivity contribution in [1.82, 2.24) is 4.90 Å². The summed E-state index contributed by atoms with van der Waals surface area (Å²) in [6.07, 6.45) is 2.26. The molecule has 0 aromatic heterocycles. The minimum absolute atomic E-state index is 0. The predicted molar refractivity (Wildman–Crippen MR) is 129 cm³/mol. The molecule has 0 saturated heterocycles. The van der Waals surface area contributed by atoms with E-state index in [0.29, 0.717) is 19.8 Å². The predicted octanol–water partition coefficient (Wildman–Crippen LogP) is 1.06. The van der Waals surface area contributed by atoms with Crippen molar-refractivity contribution in [2.75, 3.05) is 32.9 Å². The van der Waals surface area contributed by atoms with Gasteiger partial charge in [-0.2, -0.15) is 0 Å². The van der Waals surface area contributed by atoms with Gasteiger partial charge in [0.2, 0.25) is 6.34 Å². The summed E-state index contributed by atoms with van der Waals surface area (Å²) in [5.41, 5.74) is 6.60. The summed E-state index contributed by atoms with van der Waals surface area (Å²) >= 11 is 0. The van der Waals surface area contributed by atoms with Crippen LogP contribution in [0, 0.1) is 20.8 Å². The summed E-state index contributed by atoms with van der Waals surface area (Å²) in [6, 6.07) is 13.1. The average molecular weight is 477 g/mol. The molecule has 3 rings (SSSR count). The number of halogens is 1. The van der Waals surface area contributed by atoms with Crippen LogP contribution in [0.1, 0.15) is 43.0 Å². The number of benzene rings is 2. The van der Waals surface area contributed by atoms with Crippen LogP contribution in [0.3, 0.4) is 0 Å². The molecule has 1 aliphatic rings. The zero-order valence-electron chi connectivity index (χ0n) is 20.3. The second-order valence-corrected chi connectivity index (χ2v) is 10.6. The number of nitrogens with zero attached hydrogens (tertiary/aromatic N) is 2. The number of rotatable bonds is 10. The quantitative estimate of drug-likeness (QED) is 0.379. The topological polar surface area (TPSA) is 33.9 Å². The van der Waals surface area contributed by atoms with Gasteiger partial charge in [-0.1, -0.05) is 42.0 Å². The maximum atomic E-state index is 6.03. The molecule has 0 atom stereocenters. The normalized spacial score (nSPS) is 13.8. The summed E-state index contributed by atoms with van der Waals surface area (Å²) in [4.78, 5) is 2.38. The van der Waals surface area contributed by atoms with Crippen molar-refractivity contribution >= 4 is 26.0 Å². The van der Waals surface area contributed by atoms with Crippen LogP contribution in [0.4, 0.5) is 5.69 Å². The van der Waals surface area contributed by atoms with Crippen LogP contribution in [0.2, 0.25) is 0 Å². The van der Waals surface area contributed by atoms with Crippen LogP contribution in [-0.4, -0.2) is 57.5 Å². The molecule has 0 saturated carbocycles. The molecule has 176 valence electrons. The van der Waals surface area contributed by atoms with E-state index in [2.05, 4.69) is 73.0 Å². The van der Waals surface area contributed by atoms with Crippen LogP contribution < -0.4 is 17.6 Å². The molecule has 2 aromatic carbocycles. The van der Waals surface area contributed by atoms with Crippen molar-refractivity contribution < 1.29 is 30.3 Å². The maximum absolute atomic E-state index is 6.03. The van der Waals surface area contributed by atoms with Gasteiger partial charge in [-0.05, 0) is 58.2 Å². The molecule has 0 unspecified atom stereocenters. The van der Waals surface area contributed by atoms with Crippen molar-refractivity contribution in [3.8, 4) is 0 Å². The molecule has 0 aliphatic carbocycles. The van der Waals surface area contributed by atoms with Crippen LogP contribution in [0.5, 0.6) is 0 Å². The molecule has 0 amide bonds. The Morgan fingerprint density at radius 2 is 1.41 bits per heavy atom. The molecule has 1 heterocycles. The Morgan fingerprint density at radius 1 is 0.875 bits per heavy atom. The first-order valence-corrected chi connectivity index (χ1v) is 13.1. The second-order valence-electron chi connectivity index (χ2n) is 8.08. The van der Waals surface area contributed by atoms with E-state index in [1.807, 2.05) is 20.8 Å². The minimum atomic E-state index is -2.84. The zero-order chi connectivity index (χ0) is 22.4. The molecule has 0 N–H and O–H groups in total. The standard InChI is InChI=1S/C25H37N2O3Si.ClH/c1-7-28-31(29-8-2,30-9-3)24-12-10-23(11-13-24)18-26-14-15-27(19-26)25-21(5)16-20(4)17-22(25)6;/h10-13,16-17,19H,7-9,14-15,18H2,1-6H3;1H/q+1;/p-1. The molecular formula is C25H37ClN2O3Si. The molecule has 32 heavy (non-hydrogen) atoms. The molecule has 1 aliphatic heterocycles. The lowest BCUT2D eigenvalue weighted by molar-refractivity contribution is -0.425. The van der Waals surface area contributed by atoms with Gasteiger partial charge in [-0.3, -0.25) is 4.90 Å². The van der Waals surface area contributed by atoms with Crippen LogP contribution in [-0.2, 0) is 19.8 Å². The van der Waals surface area contributed by atoms with E-state index in [9.17, 15) is 0 Å². The highest BCUT2D eigenvalue weighted by atomic mass is 35.5. The Labute approximate surface area is 200 Å². The van der Waals surface area contributed by atoms with Gasteiger partial charge in [0.1, 0.15) is 25.3 Å². The Bertz CT molecular complexity index is 878. The highest BCUT2D eigenvalue weighted by Gasteiger charge is 2.43. The Kier molecular flexibility index (Phi) is 9.92. The number of aryl methyl sites for hydroxylation is 3. The van der Waals surface area contributed by atoms with E-state index in [0.717, 1.165) is 24.8 Å². The molecular weight excluding hydrogens is 440 g/mol. The lowest BCUT2D eigenvalue weighted by atomic mass is 10.0. The van der Waals surface area contributed by atoms with E-state index < -0.39 is 8.80 Å². The van der Waals surface area contributed by atoms with E-state index in [1.165, 1.54) is 27.9 Å². The molecule has 0 fully saturated rings. The van der Waals surface area contributed by atoms with Crippen molar-refractivity contribution in [2.45, 2.75) is 48.1 Å². The van der Waals surface area contributed by atoms with E-state index in [-0.39, 0.29) is 12.4 Å². The van der Waals surface area contributed by atoms with Crippen molar-refractivity contribution in [3.05, 3.63) is 58.7 Å². The summed E-state index contributed by atoms with van der Waals surface area (Å²) in [5.74, 6) is 0. The first kappa shape index (κ1) is 26.5. The van der Waals surface area contributed by atoms with E-state index in [4.69, 9.17) is 13.3 Å². The van der Waals surface area contributed by atoms with Crippen LogP contribution >= 0.6 is 0 Å². The fourth-order valence-electron chi connectivity index (χ4n) is 4.46. The van der Waals surface area contributed by atoms with Gasteiger partial charge in [-0.25, -0.2) is 4.58 Å². The minimum Gasteiger partial charge on any atom is -1.00 e.